The average molecular weight is 261 g/mol. The zero-order valence-corrected chi connectivity index (χ0v) is 12.0. The molecule has 0 aliphatic heterocycles. The summed E-state index contributed by atoms with van der Waals surface area (Å²) in [4.78, 5) is 11.5. The van der Waals surface area contributed by atoms with Crippen LogP contribution in [0.5, 0.6) is 0 Å². The Morgan fingerprint density at radius 2 is 1.95 bits per heavy atom. The number of ether oxygens (including phenoxy) is 1. The second-order valence-electron chi connectivity index (χ2n) is 6.10. The van der Waals surface area contributed by atoms with E-state index in [2.05, 4.69) is 24.3 Å². The van der Waals surface area contributed by atoms with Gasteiger partial charge >= 0.3 is 5.97 Å². The number of rotatable bonds is 5. The smallest absolute Gasteiger partial charge is 0.306 e. The van der Waals surface area contributed by atoms with Gasteiger partial charge in [0.1, 0.15) is 0 Å². The van der Waals surface area contributed by atoms with E-state index in [1.165, 1.54) is 25.5 Å². The van der Waals surface area contributed by atoms with Crippen molar-refractivity contribution in [2.45, 2.75) is 50.5 Å². The second kappa shape index (κ2) is 5.33. The SMILES string of the molecule is COC(=O)CC(c1ccc(C2CC2)cc1)C(C)(C)N. The molecule has 0 heterocycles. The Bertz CT molecular complexity index is 441. The monoisotopic (exact) mass is 261 g/mol. The molecule has 1 aromatic carbocycles. The Morgan fingerprint density at radius 1 is 1.37 bits per heavy atom. The highest BCUT2D eigenvalue weighted by atomic mass is 16.5. The van der Waals surface area contributed by atoms with Crippen molar-refractivity contribution < 1.29 is 9.53 Å². The van der Waals surface area contributed by atoms with Crippen molar-refractivity contribution in [2.24, 2.45) is 5.73 Å². The van der Waals surface area contributed by atoms with Crippen molar-refractivity contribution >= 4 is 5.97 Å². The number of hydrogen-bond acceptors (Lipinski definition) is 3. The fourth-order valence-corrected chi connectivity index (χ4v) is 2.48. The molecule has 1 fully saturated rings. The van der Waals surface area contributed by atoms with E-state index in [0.29, 0.717) is 6.42 Å². The zero-order valence-electron chi connectivity index (χ0n) is 12.0. The van der Waals surface area contributed by atoms with Gasteiger partial charge in [-0.15, -0.1) is 0 Å². The first-order valence-electron chi connectivity index (χ1n) is 6.87. The van der Waals surface area contributed by atoms with Crippen LogP contribution in [0.4, 0.5) is 0 Å². The molecule has 3 nitrogen and oxygen atoms in total. The molecule has 1 aliphatic rings. The summed E-state index contributed by atoms with van der Waals surface area (Å²) in [5, 5.41) is 0. The molecule has 19 heavy (non-hydrogen) atoms. The van der Waals surface area contributed by atoms with E-state index >= 15 is 0 Å². The van der Waals surface area contributed by atoms with Crippen LogP contribution in [0.25, 0.3) is 0 Å². The predicted molar refractivity (Wildman–Crippen MR) is 76.1 cm³/mol. The molecule has 3 heteroatoms. The van der Waals surface area contributed by atoms with Gasteiger partial charge in [-0.2, -0.15) is 0 Å². The summed E-state index contributed by atoms with van der Waals surface area (Å²) >= 11 is 0. The Morgan fingerprint density at radius 3 is 2.37 bits per heavy atom. The van der Waals surface area contributed by atoms with Gasteiger partial charge in [0.2, 0.25) is 0 Å². The molecule has 0 bridgehead atoms. The normalized spacial score (nSPS) is 17.1. The highest BCUT2D eigenvalue weighted by Gasteiger charge is 2.30. The van der Waals surface area contributed by atoms with Crippen LogP contribution in [0.1, 0.15) is 56.1 Å². The number of esters is 1. The Hall–Kier alpha value is -1.35. The summed E-state index contributed by atoms with van der Waals surface area (Å²) in [5.41, 5.74) is 8.28. The maximum atomic E-state index is 11.5. The van der Waals surface area contributed by atoms with Gasteiger partial charge in [0.25, 0.3) is 0 Å². The number of methoxy groups -OCH3 is 1. The largest absolute Gasteiger partial charge is 0.469 e. The first kappa shape index (κ1) is 14.1. The van der Waals surface area contributed by atoms with Crippen LogP contribution in [0.15, 0.2) is 24.3 Å². The summed E-state index contributed by atoms with van der Waals surface area (Å²) in [5.74, 6) is 0.516. The summed E-state index contributed by atoms with van der Waals surface area (Å²) in [7, 11) is 1.42. The molecule has 1 aromatic rings. The molecule has 104 valence electrons. The van der Waals surface area contributed by atoms with Gasteiger partial charge in [0, 0.05) is 11.5 Å². The van der Waals surface area contributed by atoms with Gasteiger partial charge in [0.15, 0.2) is 0 Å². The number of carbonyl (C=O) groups excluding carboxylic acids is 1. The highest BCUT2D eigenvalue weighted by Crippen LogP contribution is 2.40. The molecule has 2 N–H and O–H groups in total. The first-order chi connectivity index (χ1) is 8.91. The zero-order chi connectivity index (χ0) is 14.0. The lowest BCUT2D eigenvalue weighted by Gasteiger charge is -2.30. The van der Waals surface area contributed by atoms with Crippen molar-refractivity contribution in [1.29, 1.82) is 0 Å². The van der Waals surface area contributed by atoms with E-state index in [-0.39, 0.29) is 11.9 Å². The molecular weight excluding hydrogens is 238 g/mol. The molecule has 0 spiro atoms. The molecule has 1 aliphatic carbocycles. The molecule has 1 saturated carbocycles. The van der Waals surface area contributed by atoms with Crippen LogP contribution in [0.2, 0.25) is 0 Å². The van der Waals surface area contributed by atoms with Crippen LogP contribution in [0.3, 0.4) is 0 Å². The molecule has 0 aromatic heterocycles. The third-order valence-corrected chi connectivity index (χ3v) is 3.88. The second-order valence-corrected chi connectivity index (χ2v) is 6.10. The van der Waals surface area contributed by atoms with E-state index in [4.69, 9.17) is 10.5 Å². The number of benzene rings is 1. The topological polar surface area (TPSA) is 52.3 Å². The van der Waals surface area contributed by atoms with Crippen LogP contribution >= 0.6 is 0 Å². The molecule has 0 radical (unpaired) electrons. The van der Waals surface area contributed by atoms with E-state index in [0.717, 1.165) is 11.5 Å². The lowest BCUT2D eigenvalue weighted by Crippen LogP contribution is -2.40. The van der Waals surface area contributed by atoms with E-state index in [9.17, 15) is 4.79 Å². The van der Waals surface area contributed by atoms with E-state index in [1.54, 1.807) is 0 Å². The highest BCUT2D eigenvalue weighted by molar-refractivity contribution is 5.70. The Balaban J connectivity index is 2.19. The summed E-state index contributed by atoms with van der Waals surface area (Å²) < 4.78 is 4.77. The Kier molecular flexibility index (Phi) is 3.95. The van der Waals surface area contributed by atoms with Crippen molar-refractivity contribution in [1.82, 2.24) is 0 Å². The molecule has 0 amide bonds. The average Bonchev–Trinajstić information content (AvgIpc) is 3.19. The van der Waals surface area contributed by atoms with Gasteiger partial charge in [-0.1, -0.05) is 24.3 Å². The maximum absolute atomic E-state index is 11.5. The minimum Gasteiger partial charge on any atom is -0.469 e. The van der Waals surface area contributed by atoms with Gasteiger partial charge in [0.05, 0.1) is 13.5 Å². The summed E-state index contributed by atoms with van der Waals surface area (Å²) in [6, 6.07) is 8.55. The molecular formula is C16H23NO2. The maximum Gasteiger partial charge on any atom is 0.306 e. The molecule has 0 saturated heterocycles. The Labute approximate surface area is 115 Å². The first-order valence-corrected chi connectivity index (χ1v) is 6.87. The number of carbonyl (C=O) groups is 1. The summed E-state index contributed by atoms with van der Waals surface area (Å²) in [6.07, 6.45) is 2.92. The van der Waals surface area contributed by atoms with Crippen molar-refractivity contribution in [2.75, 3.05) is 7.11 Å². The van der Waals surface area contributed by atoms with Gasteiger partial charge in [-0.25, -0.2) is 0 Å². The minimum atomic E-state index is -0.449. The van der Waals surface area contributed by atoms with Crippen molar-refractivity contribution in [3.63, 3.8) is 0 Å². The predicted octanol–water partition coefficient (Wildman–Crippen LogP) is 2.95. The van der Waals surface area contributed by atoms with Crippen LogP contribution in [-0.2, 0) is 9.53 Å². The minimum absolute atomic E-state index is 0.0202. The van der Waals surface area contributed by atoms with E-state index < -0.39 is 5.54 Å². The quantitative estimate of drug-likeness (QED) is 0.829. The standard InChI is InChI=1S/C16H23NO2/c1-16(2,17)14(10-15(18)19-3)13-8-6-12(7-9-13)11-4-5-11/h6-9,11,14H,4-5,10,17H2,1-3H3. The van der Waals surface area contributed by atoms with E-state index in [1.807, 2.05) is 13.8 Å². The van der Waals surface area contributed by atoms with Gasteiger partial charge < -0.3 is 10.5 Å². The lowest BCUT2D eigenvalue weighted by atomic mass is 9.80. The van der Waals surface area contributed by atoms with Crippen molar-refractivity contribution in [3.05, 3.63) is 35.4 Å². The van der Waals surface area contributed by atoms with Gasteiger partial charge in [-0.05, 0) is 43.7 Å². The van der Waals surface area contributed by atoms with Crippen molar-refractivity contribution in [3.8, 4) is 0 Å². The fraction of sp³-hybridized carbons (Fsp3) is 0.562. The molecule has 1 atom stereocenters. The third-order valence-electron chi connectivity index (χ3n) is 3.88. The van der Waals surface area contributed by atoms with Crippen LogP contribution in [0, 0.1) is 0 Å². The molecule has 2 rings (SSSR count). The third kappa shape index (κ3) is 3.57. The van der Waals surface area contributed by atoms with Crippen LogP contribution < -0.4 is 5.73 Å². The fourth-order valence-electron chi connectivity index (χ4n) is 2.48. The van der Waals surface area contributed by atoms with Gasteiger partial charge in [-0.3, -0.25) is 4.79 Å². The lowest BCUT2D eigenvalue weighted by molar-refractivity contribution is -0.141. The van der Waals surface area contributed by atoms with Crippen LogP contribution in [-0.4, -0.2) is 18.6 Å². The number of nitrogens with two attached hydrogens (primary N) is 1. The number of hydrogen-bond donors (Lipinski definition) is 1. The summed E-state index contributed by atoms with van der Waals surface area (Å²) in [6.45, 7) is 3.91. The molecule has 1 unspecified atom stereocenters.